The number of nitrogens with zero attached hydrogens (tertiary/aromatic N) is 1. The van der Waals surface area contributed by atoms with Crippen molar-refractivity contribution in [3.8, 4) is 0 Å². The molecule has 1 aliphatic rings. The first kappa shape index (κ1) is 13.5. The monoisotopic (exact) mass is 280 g/mol. The van der Waals surface area contributed by atoms with Crippen LogP contribution >= 0.6 is 11.6 Å². The summed E-state index contributed by atoms with van der Waals surface area (Å²) in [6.45, 7) is 0. The van der Waals surface area contributed by atoms with Gasteiger partial charge in [0.2, 0.25) is 0 Å². The van der Waals surface area contributed by atoms with Gasteiger partial charge in [-0.25, -0.2) is 0 Å². The number of nitrogens with one attached hydrogen (secondary N) is 1. The van der Waals surface area contributed by atoms with Crippen molar-refractivity contribution in [2.75, 3.05) is 0 Å². The van der Waals surface area contributed by atoms with Gasteiger partial charge in [-0.2, -0.15) is 0 Å². The number of benzene rings is 1. The number of hydrogen-bond acceptors (Lipinski definition) is 3. The van der Waals surface area contributed by atoms with Gasteiger partial charge in [0.25, 0.3) is 11.6 Å². The van der Waals surface area contributed by atoms with Gasteiger partial charge in [0, 0.05) is 17.7 Å². The number of nitro groups is 1. The minimum atomic E-state index is -0.573. The number of hydrogen-bond donors (Lipinski definition) is 1. The van der Waals surface area contributed by atoms with Gasteiger partial charge >= 0.3 is 0 Å². The number of amides is 1. The normalized spacial score (nSPS) is 18.1. The van der Waals surface area contributed by atoms with E-state index in [-0.39, 0.29) is 22.7 Å². The molecule has 1 aromatic carbocycles. The van der Waals surface area contributed by atoms with Gasteiger partial charge in [-0.15, -0.1) is 0 Å². The number of carbonyl (C=O) groups excluding carboxylic acids is 1. The second-order valence-corrected chi connectivity index (χ2v) is 4.79. The second kappa shape index (κ2) is 5.84. The molecule has 1 atom stereocenters. The summed E-state index contributed by atoms with van der Waals surface area (Å²) in [4.78, 5) is 22.0. The second-order valence-electron chi connectivity index (χ2n) is 4.38. The summed E-state index contributed by atoms with van der Waals surface area (Å²) < 4.78 is 0. The Kier molecular flexibility index (Phi) is 4.16. The Bertz CT molecular complexity index is 543. The van der Waals surface area contributed by atoms with E-state index in [0.29, 0.717) is 5.56 Å². The van der Waals surface area contributed by atoms with Crippen LogP contribution in [0.2, 0.25) is 5.02 Å². The maximum atomic E-state index is 12.0. The number of allylic oxidation sites excluding steroid dienone is 1. The van der Waals surface area contributed by atoms with Gasteiger partial charge in [-0.3, -0.25) is 14.9 Å². The zero-order valence-corrected chi connectivity index (χ0v) is 10.9. The predicted molar refractivity (Wildman–Crippen MR) is 72.4 cm³/mol. The Morgan fingerprint density at radius 1 is 1.42 bits per heavy atom. The fraction of sp³-hybridized carbons (Fsp3) is 0.308. The number of halogens is 1. The van der Waals surface area contributed by atoms with E-state index in [0.717, 1.165) is 19.3 Å². The van der Waals surface area contributed by atoms with Crippen LogP contribution in [0.3, 0.4) is 0 Å². The molecule has 0 spiro atoms. The summed E-state index contributed by atoms with van der Waals surface area (Å²) >= 11 is 5.78. The first-order valence-corrected chi connectivity index (χ1v) is 6.35. The summed E-state index contributed by atoms with van der Waals surface area (Å²) in [5, 5.41) is 13.5. The third kappa shape index (κ3) is 3.32. The van der Waals surface area contributed by atoms with E-state index < -0.39 is 4.92 Å². The van der Waals surface area contributed by atoms with Crippen molar-refractivity contribution in [1.29, 1.82) is 0 Å². The molecule has 0 aliphatic heterocycles. The lowest BCUT2D eigenvalue weighted by molar-refractivity contribution is -0.384. The molecule has 1 unspecified atom stereocenters. The van der Waals surface area contributed by atoms with Crippen LogP contribution in [-0.2, 0) is 0 Å². The fourth-order valence-corrected chi connectivity index (χ4v) is 2.24. The molecule has 1 aliphatic carbocycles. The fourth-order valence-electron chi connectivity index (χ4n) is 1.99. The van der Waals surface area contributed by atoms with Crippen LogP contribution < -0.4 is 5.32 Å². The van der Waals surface area contributed by atoms with Crippen LogP contribution in [0.5, 0.6) is 0 Å². The Morgan fingerprint density at radius 3 is 2.79 bits per heavy atom. The van der Waals surface area contributed by atoms with Crippen molar-refractivity contribution in [3.05, 3.63) is 51.1 Å². The van der Waals surface area contributed by atoms with Crippen molar-refractivity contribution >= 4 is 23.2 Å². The molecule has 1 amide bonds. The lowest BCUT2D eigenvalue weighted by Crippen LogP contribution is -2.35. The minimum Gasteiger partial charge on any atom is -0.349 e. The van der Waals surface area contributed by atoms with Crippen molar-refractivity contribution in [1.82, 2.24) is 5.32 Å². The Balaban J connectivity index is 2.09. The number of carbonyl (C=O) groups is 1. The Labute approximate surface area is 115 Å². The molecular formula is C13H13ClN2O3. The molecule has 0 saturated heterocycles. The van der Waals surface area contributed by atoms with Crippen LogP contribution in [0.4, 0.5) is 5.69 Å². The van der Waals surface area contributed by atoms with E-state index in [9.17, 15) is 14.9 Å². The lowest BCUT2D eigenvalue weighted by atomic mass is 10.0. The predicted octanol–water partition coefficient (Wildman–Crippen LogP) is 3.09. The van der Waals surface area contributed by atoms with Crippen molar-refractivity contribution < 1.29 is 9.72 Å². The standard InChI is InChI=1S/C13H13ClN2O3/c14-11-8-9(6-7-12(11)16(18)19)13(17)15-10-4-2-1-3-5-10/h1-2,6-8,10H,3-5H2,(H,15,17). The Morgan fingerprint density at radius 2 is 2.21 bits per heavy atom. The van der Waals surface area contributed by atoms with Crippen molar-refractivity contribution in [2.45, 2.75) is 25.3 Å². The van der Waals surface area contributed by atoms with E-state index in [1.807, 2.05) is 6.08 Å². The highest BCUT2D eigenvalue weighted by Gasteiger charge is 2.18. The largest absolute Gasteiger partial charge is 0.349 e. The van der Waals surface area contributed by atoms with Gasteiger partial charge < -0.3 is 5.32 Å². The number of nitro benzene ring substituents is 1. The van der Waals surface area contributed by atoms with Gasteiger partial charge in [-0.1, -0.05) is 23.8 Å². The molecule has 0 saturated carbocycles. The summed E-state index contributed by atoms with van der Waals surface area (Å²) in [5.41, 5.74) is 0.143. The van der Waals surface area contributed by atoms with E-state index in [4.69, 9.17) is 11.6 Å². The summed E-state index contributed by atoms with van der Waals surface area (Å²) in [5.74, 6) is -0.253. The molecule has 0 bridgehead atoms. The van der Waals surface area contributed by atoms with Crippen molar-refractivity contribution in [3.63, 3.8) is 0 Å². The van der Waals surface area contributed by atoms with E-state index in [1.165, 1.54) is 18.2 Å². The SMILES string of the molecule is O=C(NC1CC=CCC1)c1ccc([N+](=O)[O-])c(Cl)c1. The average Bonchev–Trinajstić information content (AvgIpc) is 2.39. The molecule has 6 heteroatoms. The lowest BCUT2D eigenvalue weighted by Gasteiger charge is -2.19. The van der Waals surface area contributed by atoms with Crippen LogP contribution in [0.15, 0.2) is 30.4 Å². The van der Waals surface area contributed by atoms with E-state index in [2.05, 4.69) is 11.4 Å². The smallest absolute Gasteiger partial charge is 0.287 e. The van der Waals surface area contributed by atoms with Gasteiger partial charge in [0.05, 0.1) is 4.92 Å². The molecule has 1 aromatic rings. The zero-order valence-electron chi connectivity index (χ0n) is 10.1. The molecule has 2 rings (SSSR count). The van der Waals surface area contributed by atoms with Crippen LogP contribution in [-0.4, -0.2) is 16.9 Å². The first-order valence-electron chi connectivity index (χ1n) is 5.97. The molecule has 0 heterocycles. The highest BCUT2D eigenvalue weighted by molar-refractivity contribution is 6.33. The molecule has 19 heavy (non-hydrogen) atoms. The summed E-state index contributed by atoms with van der Waals surface area (Å²) in [7, 11) is 0. The van der Waals surface area contributed by atoms with E-state index >= 15 is 0 Å². The van der Waals surface area contributed by atoms with E-state index in [1.54, 1.807) is 0 Å². The maximum absolute atomic E-state index is 12.0. The highest BCUT2D eigenvalue weighted by Crippen LogP contribution is 2.25. The topological polar surface area (TPSA) is 72.2 Å². The van der Waals surface area contributed by atoms with Crippen molar-refractivity contribution in [2.24, 2.45) is 0 Å². The molecule has 100 valence electrons. The van der Waals surface area contributed by atoms with Crippen LogP contribution in [0.25, 0.3) is 0 Å². The van der Waals surface area contributed by atoms with Gasteiger partial charge in [-0.05, 0) is 31.4 Å². The Hall–Kier alpha value is -1.88. The molecular weight excluding hydrogens is 268 g/mol. The molecule has 0 fully saturated rings. The highest BCUT2D eigenvalue weighted by atomic mass is 35.5. The first-order chi connectivity index (χ1) is 9.08. The zero-order chi connectivity index (χ0) is 13.8. The molecule has 5 nitrogen and oxygen atoms in total. The van der Waals surface area contributed by atoms with Gasteiger partial charge in [0.15, 0.2) is 0 Å². The van der Waals surface area contributed by atoms with Gasteiger partial charge in [0.1, 0.15) is 5.02 Å². The third-order valence-corrected chi connectivity index (χ3v) is 3.31. The quantitative estimate of drug-likeness (QED) is 0.525. The average molecular weight is 281 g/mol. The molecule has 0 aromatic heterocycles. The summed E-state index contributed by atoms with van der Waals surface area (Å²) in [6.07, 6.45) is 6.80. The molecule has 1 N–H and O–H groups in total. The number of rotatable bonds is 3. The minimum absolute atomic E-state index is 0.0267. The third-order valence-electron chi connectivity index (χ3n) is 3.01. The maximum Gasteiger partial charge on any atom is 0.287 e. The van der Waals surface area contributed by atoms with Crippen LogP contribution in [0, 0.1) is 10.1 Å². The molecule has 0 radical (unpaired) electrons. The van der Waals surface area contributed by atoms with Crippen LogP contribution in [0.1, 0.15) is 29.6 Å². The summed E-state index contributed by atoms with van der Waals surface area (Å²) in [6, 6.07) is 4.11.